The average Bonchev–Trinajstić information content (AvgIpc) is 2.70. The first-order valence-electron chi connectivity index (χ1n) is 9.86. The average molecular weight is 397 g/mol. The first kappa shape index (κ1) is 21.0. The second kappa shape index (κ2) is 9.63. The standard InChI is InChI=1S/C21H27N5O3/c1-14-12-26(13-15(2)29-14)20-19(24-17-7-4-5-8-18(17)25-20)16(11-22)21(27)23-9-6-10-28-3/h4-5,7-8,14-16H,6,9-10,12-13H2,1-3H3,(H,23,27)/t14-,15+,16-/m0/s1. The molecule has 29 heavy (non-hydrogen) atoms. The zero-order chi connectivity index (χ0) is 20.8. The van der Waals surface area contributed by atoms with E-state index in [-0.39, 0.29) is 18.1 Å². The quantitative estimate of drug-likeness (QED) is 0.713. The maximum atomic E-state index is 12.8. The monoisotopic (exact) mass is 397 g/mol. The maximum absolute atomic E-state index is 12.8. The molecule has 0 spiro atoms. The van der Waals surface area contributed by atoms with Gasteiger partial charge in [-0.1, -0.05) is 12.1 Å². The molecule has 1 N–H and O–H groups in total. The second-order valence-corrected chi connectivity index (χ2v) is 7.28. The van der Waals surface area contributed by atoms with Crippen molar-refractivity contribution < 1.29 is 14.3 Å². The molecule has 2 aromatic rings. The predicted octanol–water partition coefficient (Wildman–Crippen LogP) is 2.00. The van der Waals surface area contributed by atoms with E-state index in [1.165, 1.54) is 0 Å². The fourth-order valence-corrected chi connectivity index (χ4v) is 3.56. The van der Waals surface area contributed by atoms with E-state index < -0.39 is 5.92 Å². The van der Waals surface area contributed by atoms with E-state index in [1.807, 2.05) is 38.1 Å². The molecule has 1 saturated heterocycles. The Morgan fingerprint density at radius 3 is 2.59 bits per heavy atom. The van der Waals surface area contributed by atoms with Gasteiger partial charge >= 0.3 is 0 Å². The van der Waals surface area contributed by atoms with E-state index in [4.69, 9.17) is 14.5 Å². The third kappa shape index (κ3) is 5.00. The molecule has 0 bridgehead atoms. The highest BCUT2D eigenvalue weighted by Gasteiger charge is 2.31. The Balaban J connectivity index is 1.97. The first-order chi connectivity index (χ1) is 14.0. The molecule has 1 fully saturated rings. The molecule has 0 saturated carbocycles. The minimum Gasteiger partial charge on any atom is -0.385 e. The molecule has 8 nitrogen and oxygen atoms in total. The van der Waals surface area contributed by atoms with Gasteiger partial charge in [-0.15, -0.1) is 0 Å². The van der Waals surface area contributed by atoms with Gasteiger partial charge in [-0.2, -0.15) is 5.26 Å². The van der Waals surface area contributed by atoms with Gasteiger partial charge in [0.2, 0.25) is 5.91 Å². The predicted molar refractivity (Wildman–Crippen MR) is 110 cm³/mol. The van der Waals surface area contributed by atoms with Crippen LogP contribution >= 0.6 is 0 Å². The summed E-state index contributed by atoms with van der Waals surface area (Å²) in [6, 6.07) is 9.61. The summed E-state index contributed by atoms with van der Waals surface area (Å²) in [5.74, 6) is -0.841. The lowest BCUT2D eigenvalue weighted by Gasteiger charge is -2.37. The van der Waals surface area contributed by atoms with Crippen molar-refractivity contribution in [3.8, 4) is 6.07 Å². The van der Waals surface area contributed by atoms with Crippen molar-refractivity contribution >= 4 is 22.8 Å². The molecule has 1 aliphatic rings. The zero-order valence-corrected chi connectivity index (χ0v) is 17.1. The number of methoxy groups -OCH3 is 1. The van der Waals surface area contributed by atoms with Crippen molar-refractivity contribution in [3.63, 3.8) is 0 Å². The molecule has 2 heterocycles. The fraction of sp³-hybridized carbons (Fsp3) is 0.524. The largest absolute Gasteiger partial charge is 0.385 e. The second-order valence-electron chi connectivity index (χ2n) is 7.28. The van der Waals surface area contributed by atoms with Crippen molar-refractivity contribution in [1.82, 2.24) is 15.3 Å². The van der Waals surface area contributed by atoms with Gasteiger partial charge in [0.05, 0.1) is 29.3 Å². The number of amides is 1. The molecule has 1 amide bonds. The summed E-state index contributed by atoms with van der Waals surface area (Å²) in [7, 11) is 1.61. The van der Waals surface area contributed by atoms with Crippen LogP contribution in [0.2, 0.25) is 0 Å². The van der Waals surface area contributed by atoms with Gasteiger partial charge < -0.3 is 19.7 Å². The highest BCUT2D eigenvalue weighted by molar-refractivity contribution is 5.88. The lowest BCUT2D eigenvalue weighted by Crippen LogP contribution is -2.46. The van der Waals surface area contributed by atoms with Crippen LogP contribution < -0.4 is 10.2 Å². The summed E-state index contributed by atoms with van der Waals surface area (Å²) < 4.78 is 10.8. The van der Waals surface area contributed by atoms with E-state index in [0.717, 1.165) is 5.52 Å². The number of nitrogens with zero attached hydrogens (tertiary/aromatic N) is 4. The summed E-state index contributed by atoms with van der Waals surface area (Å²) in [5, 5.41) is 12.6. The summed E-state index contributed by atoms with van der Waals surface area (Å²) in [4.78, 5) is 24.3. The van der Waals surface area contributed by atoms with Gasteiger partial charge in [-0.05, 0) is 32.4 Å². The third-order valence-corrected chi connectivity index (χ3v) is 4.79. The van der Waals surface area contributed by atoms with Gasteiger partial charge in [0.25, 0.3) is 0 Å². The molecule has 3 rings (SSSR count). The van der Waals surface area contributed by atoms with Crippen LogP contribution in [-0.4, -0.2) is 61.4 Å². The van der Waals surface area contributed by atoms with Crippen molar-refractivity contribution in [2.45, 2.75) is 38.4 Å². The summed E-state index contributed by atoms with van der Waals surface area (Å²) in [6.45, 7) is 6.23. The fourth-order valence-electron chi connectivity index (χ4n) is 3.56. The number of carbonyl (C=O) groups is 1. The number of hydrogen-bond donors (Lipinski definition) is 1. The summed E-state index contributed by atoms with van der Waals surface area (Å²) in [5.41, 5.74) is 1.78. The maximum Gasteiger partial charge on any atom is 0.243 e. The van der Waals surface area contributed by atoms with Gasteiger partial charge in [0.15, 0.2) is 11.7 Å². The van der Waals surface area contributed by atoms with Crippen LogP contribution in [0.15, 0.2) is 24.3 Å². The Kier molecular flexibility index (Phi) is 6.96. The molecule has 0 aliphatic carbocycles. The number of ether oxygens (including phenoxy) is 2. The molecule has 0 unspecified atom stereocenters. The Bertz CT molecular complexity index is 888. The smallest absolute Gasteiger partial charge is 0.243 e. The highest BCUT2D eigenvalue weighted by Crippen LogP contribution is 2.29. The molecule has 154 valence electrons. The van der Waals surface area contributed by atoms with E-state index in [0.29, 0.717) is 49.7 Å². The number of nitriles is 1. The highest BCUT2D eigenvalue weighted by atomic mass is 16.5. The number of para-hydroxylation sites is 2. The first-order valence-corrected chi connectivity index (χ1v) is 9.86. The lowest BCUT2D eigenvalue weighted by atomic mass is 10.0. The number of benzene rings is 1. The number of rotatable bonds is 7. The Labute approximate surface area is 170 Å². The van der Waals surface area contributed by atoms with Crippen molar-refractivity contribution in [2.75, 3.05) is 38.3 Å². The van der Waals surface area contributed by atoms with Crippen molar-refractivity contribution in [2.24, 2.45) is 0 Å². The van der Waals surface area contributed by atoms with Crippen LogP contribution in [0.25, 0.3) is 11.0 Å². The van der Waals surface area contributed by atoms with E-state index in [1.54, 1.807) is 7.11 Å². The molecule has 8 heteroatoms. The molecule has 0 radical (unpaired) electrons. The molecule has 1 aliphatic heterocycles. The Hall–Kier alpha value is -2.76. The summed E-state index contributed by atoms with van der Waals surface area (Å²) >= 11 is 0. The van der Waals surface area contributed by atoms with Gasteiger partial charge in [-0.3, -0.25) is 4.79 Å². The zero-order valence-electron chi connectivity index (χ0n) is 17.1. The van der Waals surface area contributed by atoms with E-state index in [9.17, 15) is 10.1 Å². The number of aromatic nitrogens is 2. The van der Waals surface area contributed by atoms with Gasteiger partial charge in [0.1, 0.15) is 5.69 Å². The van der Waals surface area contributed by atoms with Crippen LogP contribution in [0, 0.1) is 11.3 Å². The topological polar surface area (TPSA) is 100 Å². The SMILES string of the molecule is COCCCNC(=O)[C@@H](C#N)c1nc2ccccc2nc1N1C[C@@H](C)O[C@@H](C)C1. The van der Waals surface area contributed by atoms with Crippen molar-refractivity contribution in [1.29, 1.82) is 5.26 Å². The number of nitrogens with one attached hydrogen (secondary N) is 1. The van der Waals surface area contributed by atoms with Crippen LogP contribution in [0.1, 0.15) is 31.9 Å². The Morgan fingerprint density at radius 1 is 1.31 bits per heavy atom. The Morgan fingerprint density at radius 2 is 1.97 bits per heavy atom. The van der Waals surface area contributed by atoms with Crippen molar-refractivity contribution in [3.05, 3.63) is 30.0 Å². The number of hydrogen-bond acceptors (Lipinski definition) is 7. The number of carbonyl (C=O) groups excluding carboxylic acids is 1. The van der Waals surface area contributed by atoms with E-state index in [2.05, 4.69) is 21.3 Å². The van der Waals surface area contributed by atoms with Crippen LogP contribution in [0.5, 0.6) is 0 Å². The van der Waals surface area contributed by atoms with Crippen LogP contribution in [0.4, 0.5) is 5.82 Å². The summed E-state index contributed by atoms with van der Waals surface area (Å²) in [6.07, 6.45) is 0.710. The van der Waals surface area contributed by atoms with Gasteiger partial charge in [-0.25, -0.2) is 9.97 Å². The number of fused-ring (bicyclic) bond motifs is 1. The minimum atomic E-state index is -1.04. The normalized spacial score (nSPS) is 20.3. The van der Waals surface area contributed by atoms with Crippen LogP contribution in [-0.2, 0) is 14.3 Å². The number of morpholine rings is 1. The molecular weight excluding hydrogens is 370 g/mol. The third-order valence-electron chi connectivity index (χ3n) is 4.79. The van der Waals surface area contributed by atoms with Gasteiger partial charge in [0, 0.05) is 33.4 Å². The minimum absolute atomic E-state index is 0.0169. The number of anilines is 1. The molecule has 1 aromatic heterocycles. The molecule has 3 atom stereocenters. The van der Waals surface area contributed by atoms with Crippen LogP contribution in [0.3, 0.4) is 0 Å². The molecule has 1 aromatic carbocycles. The van der Waals surface area contributed by atoms with E-state index >= 15 is 0 Å². The molecular formula is C21H27N5O3. The lowest BCUT2D eigenvalue weighted by molar-refractivity contribution is -0.121.